The Labute approximate surface area is 115 Å². The molecule has 0 saturated heterocycles. The number of methoxy groups -OCH3 is 1. The highest BCUT2D eigenvalue weighted by molar-refractivity contribution is 5.37. The molecule has 0 spiro atoms. The van der Waals surface area contributed by atoms with Gasteiger partial charge >= 0.3 is 0 Å². The predicted molar refractivity (Wildman–Crippen MR) is 75.9 cm³/mol. The summed E-state index contributed by atoms with van der Waals surface area (Å²) in [5, 5.41) is 0. The Morgan fingerprint density at radius 3 is 2.53 bits per heavy atom. The number of benzene rings is 1. The molecule has 2 nitrogen and oxygen atoms in total. The molecule has 1 aromatic rings. The summed E-state index contributed by atoms with van der Waals surface area (Å²) >= 11 is 0. The van der Waals surface area contributed by atoms with Gasteiger partial charge in [0.05, 0.1) is 7.11 Å². The monoisotopic (exact) mass is 265 g/mol. The van der Waals surface area contributed by atoms with Crippen LogP contribution in [0.25, 0.3) is 0 Å². The zero-order valence-electron chi connectivity index (χ0n) is 11.7. The lowest BCUT2D eigenvalue weighted by Crippen LogP contribution is -2.22. The van der Waals surface area contributed by atoms with E-state index in [2.05, 4.69) is 0 Å². The minimum absolute atomic E-state index is 0.206. The average molecular weight is 265 g/mol. The summed E-state index contributed by atoms with van der Waals surface area (Å²) in [7, 11) is 1.64. The predicted octanol–water partition coefficient (Wildman–Crippen LogP) is 3.85. The molecule has 2 rings (SSSR count). The van der Waals surface area contributed by atoms with Crippen LogP contribution >= 0.6 is 0 Å². The number of rotatable bonds is 4. The molecule has 1 aliphatic carbocycles. The van der Waals surface area contributed by atoms with Crippen molar-refractivity contribution in [1.82, 2.24) is 0 Å². The van der Waals surface area contributed by atoms with Crippen LogP contribution in [0.3, 0.4) is 0 Å². The molecule has 0 heterocycles. The quantitative estimate of drug-likeness (QED) is 0.839. The molecule has 3 heteroatoms. The highest BCUT2D eigenvalue weighted by Crippen LogP contribution is 2.38. The fraction of sp³-hybridized carbons (Fsp3) is 0.625. The Balaban J connectivity index is 2.26. The smallest absolute Gasteiger partial charge is 0.123 e. The fourth-order valence-corrected chi connectivity index (χ4v) is 3.28. The van der Waals surface area contributed by atoms with E-state index in [1.165, 1.54) is 44.6 Å². The van der Waals surface area contributed by atoms with E-state index in [4.69, 9.17) is 10.5 Å². The summed E-state index contributed by atoms with van der Waals surface area (Å²) in [5.74, 6) is 1.33. The standard InChI is InChI=1S/C16H24FNO/c1-19-16-9-8-13(17)10-14(16)15(11-18)12-6-4-2-3-5-7-12/h8-10,12,15H,2-7,11,18H2,1H3. The Hall–Kier alpha value is -1.09. The normalized spacial score (nSPS) is 18.9. The van der Waals surface area contributed by atoms with Crippen LogP contribution in [0.15, 0.2) is 18.2 Å². The molecular weight excluding hydrogens is 241 g/mol. The van der Waals surface area contributed by atoms with E-state index in [9.17, 15) is 4.39 Å². The van der Waals surface area contributed by atoms with E-state index in [1.807, 2.05) is 0 Å². The van der Waals surface area contributed by atoms with Gasteiger partial charge in [0.1, 0.15) is 11.6 Å². The van der Waals surface area contributed by atoms with Crippen LogP contribution in [0.5, 0.6) is 5.75 Å². The van der Waals surface area contributed by atoms with Gasteiger partial charge in [0, 0.05) is 11.5 Å². The second-order valence-electron chi connectivity index (χ2n) is 5.48. The first-order chi connectivity index (χ1) is 9.26. The highest BCUT2D eigenvalue weighted by Gasteiger charge is 2.25. The van der Waals surface area contributed by atoms with E-state index in [-0.39, 0.29) is 11.7 Å². The van der Waals surface area contributed by atoms with Crippen LogP contribution in [0.1, 0.15) is 50.0 Å². The van der Waals surface area contributed by atoms with E-state index in [1.54, 1.807) is 19.2 Å². The first kappa shape index (κ1) is 14.3. The van der Waals surface area contributed by atoms with Crippen molar-refractivity contribution in [2.45, 2.75) is 44.4 Å². The molecule has 1 aliphatic rings. The SMILES string of the molecule is COc1ccc(F)cc1C(CN)C1CCCCCC1. The number of ether oxygens (including phenoxy) is 1. The molecule has 0 radical (unpaired) electrons. The fourth-order valence-electron chi connectivity index (χ4n) is 3.28. The summed E-state index contributed by atoms with van der Waals surface area (Å²) in [4.78, 5) is 0. The first-order valence-corrected chi connectivity index (χ1v) is 7.29. The molecule has 0 aliphatic heterocycles. The zero-order chi connectivity index (χ0) is 13.7. The molecule has 0 aromatic heterocycles. The second-order valence-corrected chi connectivity index (χ2v) is 5.48. The summed E-state index contributed by atoms with van der Waals surface area (Å²) in [6.45, 7) is 0.560. The Morgan fingerprint density at radius 1 is 1.26 bits per heavy atom. The van der Waals surface area contributed by atoms with Gasteiger partial charge in [0.25, 0.3) is 0 Å². The van der Waals surface area contributed by atoms with Crippen LogP contribution in [0.4, 0.5) is 4.39 Å². The van der Waals surface area contributed by atoms with Gasteiger partial charge in [0.15, 0.2) is 0 Å². The van der Waals surface area contributed by atoms with Crippen LogP contribution in [-0.2, 0) is 0 Å². The maximum Gasteiger partial charge on any atom is 0.123 e. The number of halogens is 1. The topological polar surface area (TPSA) is 35.2 Å². The van der Waals surface area contributed by atoms with Crippen LogP contribution in [0.2, 0.25) is 0 Å². The number of nitrogens with two attached hydrogens (primary N) is 1. The lowest BCUT2D eigenvalue weighted by atomic mass is 9.81. The van der Waals surface area contributed by atoms with Gasteiger partial charge in [0.2, 0.25) is 0 Å². The van der Waals surface area contributed by atoms with Crippen molar-refractivity contribution >= 4 is 0 Å². The molecular formula is C16H24FNO. The lowest BCUT2D eigenvalue weighted by molar-refractivity contribution is 0.356. The van der Waals surface area contributed by atoms with Gasteiger partial charge in [-0.05, 0) is 43.5 Å². The minimum Gasteiger partial charge on any atom is -0.496 e. The maximum atomic E-state index is 13.5. The van der Waals surface area contributed by atoms with Crippen molar-refractivity contribution in [3.63, 3.8) is 0 Å². The molecule has 1 atom stereocenters. The second kappa shape index (κ2) is 6.90. The maximum absolute atomic E-state index is 13.5. The average Bonchev–Trinajstić information content (AvgIpc) is 2.69. The molecule has 106 valence electrons. The van der Waals surface area contributed by atoms with Crippen LogP contribution in [0, 0.1) is 11.7 Å². The van der Waals surface area contributed by atoms with E-state index in [0.717, 1.165) is 11.3 Å². The molecule has 1 fully saturated rings. The Morgan fingerprint density at radius 2 is 1.95 bits per heavy atom. The third kappa shape index (κ3) is 3.47. The molecule has 1 unspecified atom stereocenters. The molecule has 2 N–H and O–H groups in total. The van der Waals surface area contributed by atoms with Gasteiger partial charge in [-0.3, -0.25) is 0 Å². The number of hydrogen-bond acceptors (Lipinski definition) is 2. The summed E-state index contributed by atoms with van der Waals surface area (Å²) < 4.78 is 18.9. The first-order valence-electron chi connectivity index (χ1n) is 7.29. The summed E-state index contributed by atoms with van der Waals surface area (Å²) in [6, 6.07) is 4.76. The van der Waals surface area contributed by atoms with Gasteiger partial charge < -0.3 is 10.5 Å². The third-order valence-electron chi connectivity index (χ3n) is 4.31. The van der Waals surface area contributed by atoms with Crippen LogP contribution in [-0.4, -0.2) is 13.7 Å². The molecule has 1 aromatic carbocycles. The van der Waals surface area contributed by atoms with E-state index >= 15 is 0 Å². The van der Waals surface area contributed by atoms with Crippen molar-refractivity contribution in [1.29, 1.82) is 0 Å². The Bertz CT molecular complexity index is 400. The van der Waals surface area contributed by atoms with Gasteiger partial charge in [-0.15, -0.1) is 0 Å². The molecule has 1 saturated carbocycles. The van der Waals surface area contributed by atoms with Crippen LogP contribution < -0.4 is 10.5 Å². The third-order valence-corrected chi connectivity index (χ3v) is 4.31. The van der Waals surface area contributed by atoms with Gasteiger partial charge in [-0.2, -0.15) is 0 Å². The largest absolute Gasteiger partial charge is 0.496 e. The van der Waals surface area contributed by atoms with Gasteiger partial charge in [-0.25, -0.2) is 4.39 Å². The van der Waals surface area contributed by atoms with Crippen molar-refractivity contribution < 1.29 is 9.13 Å². The molecule has 0 amide bonds. The lowest BCUT2D eigenvalue weighted by Gasteiger charge is -2.26. The van der Waals surface area contributed by atoms with Crippen molar-refractivity contribution in [2.24, 2.45) is 11.7 Å². The van der Waals surface area contributed by atoms with Gasteiger partial charge in [-0.1, -0.05) is 25.7 Å². The molecule has 0 bridgehead atoms. The van der Waals surface area contributed by atoms with Crippen molar-refractivity contribution in [2.75, 3.05) is 13.7 Å². The Kier molecular flexibility index (Phi) is 5.20. The highest BCUT2D eigenvalue weighted by atomic mass is 19.1. The zero-order valence-corrected chi connectivity index (χ0v) is 11.7. The van der Waals surface area contributed by atoms with E-state index in [0.29, 0.717) is 12.5 Å². The van der Waals surface area contributed by atoms with Crippen molar-refractivity contribution in [3.05, 3.63) is 29.6 Å². The van der Waals surface area contributed by atoms with Crippen molar-refractivity contribution in [3.8, 4) is 5.75 Å². The summed E-state index contributed by atoms with van der Waals surface area (Å²) in [6.07, 6.45) is 7.54. The van der Waals surface area contributed by atoms with E-state index < -0.39 is 0 Å². The summed E-state index contributed by atoms with van der Waals surface area (Å²) in [5.41, 5.74) is 6.92. The number of hydrogen-bond donors (Lipinski definition) is 1. The minimum atomic E-state index is -0.206. The molecule has 19 heavy (non-hydrogen) atoms.